The Bertz CT molecular complexity index is 1130. The molecule has 0 spiro atoms. The Labute approximate surface area is 259 Å². The van der Waals surface area contributed by atoms with E-state index in [0.717, 1.165) is 13.0 Å². The molecular weight excluding hydrogens is 565 g/mol. The van der Waals surface area contributed by atoms with Gasteiger partial charge in [-0.05, 0) is 32.1 Å². The average molecular weight is 624 g/mol. The quantitative estimate of drug-likeness (QED) is 0.0717. The number of nitrogen functional groups attached to an aromatic ring is 1. The molecule has 1 unspecified atom stereocenters. The molecule has 0 aliphatic heterocycles. The van der Waals surface area contributed by atoms with E-state index in [9.17, 15) is 14.3 Å². The number of aromatic nitrogens is 3. The third-order valence-electron chi connectivity index (χ3n) is 7.90. The molecule has 2 aromatic rings. The van der Waals surface area contributed by atoms with Crippen molar-refractivity contribution in [2.45, 2.75) is 130 Å². The fourth-order valence-corrected chi connectivity index (χ4v) is 6.71. The Kier molecular flexibility index (Phi) is 18.0. The summed E-state index contributed by atoms with van der Waals surface area (Å²) in [7, 11) is -3.70. The first-order valence-electron chi connectivity index (χ1n) is 16.6. The number of aryl methyl sites for hydroxylation is 1. The van der Waals surface area contributed by atoms with Gasteiger partial charge >= 0.3 is 7.60 Å². The molecule has 0 bridgehead atoms. The fraction of sp³-hybridized carbons (Fsp3) is 0.781. The number of nitrogens with two attached hydrogens (primary N) is 2. The van der Waals surface area contributed by atoms with Crippen LogP contribution in [0, 0.1) is 12.8 Å². The molecule has 43 heavy (non-hydrogen) atoms. The number of fused-ring (bicyclic) bond motifs is 1. The zero-order valence-corrected chi connectivity index (χ0v) is 27.9. The van der Waals surface area contributed by atoms with Gasteiger partial charge in [0.15, 0.2) is 0 Å². The summed E-state index contributed by atoms with van der Waals surface area (Å²) >= 11 is 0. The van der Waals surface area contributed by atoms with Gasteiger partial charge < -0.3 is 30.2 Å². The number of nitrogens with zero attached hydrogens (tertiary/aromatic N) is 3. The molecule has 0 aliphatic rings. The number of unbranched alkanes of at least 4 members (excludes halogenated alkanes) is 13. The van der Waals surface area contributed by atoms with Crippen LogP contribution in [0.3, 0.4) is 0 Å². The summed E-state index contributed by atoms with van der Waals surface area (Å²) in [5.74, 6) is 0.113. The van der Waals surface area contributed by atoms with E-state index in [4.69, 9.17) is 20.7 Å². The van der Waals surface area contributed by atoms with Gasteiger partial charge in [-0.3, -0.25) is 9.36 Å². The van der Waals surface area contributed by atoms with Crippen LogP contribution in [0.1, 0.15) is 133 Å². The lowest BCUT2D eigenvalue weighted by Crippen LogP contribution is -2.12. The number of ether oxygens (including phenoxy) is 1. The SMILES string of the molecule is CCCCCCCCCCCCCCCCOCCCOP(=O)(O)CC[C@H](C)Cn1cc(C(N)=O)c2c(N)nc(C)nc21. The Hall–Kier alpha value is -2.00. The van der Waals surface area contributed by atoms with Gasteiger partial charge in [-0.1, -0.05) is 97.3 Å². The maximum atomic E-state index is 12.5. The molecule has 2 aromatic heterocycles. The predicted octanol–water partition coefficient (Wildman–Crippen LogP) is 7.54. The minimum atomic E-state index is -3.70. The van der Waals surface area contributed by atoms with Crippen LogP contribution in [0.5, 0.6) is 0 Å². The second-order valence-corrected chi connectivity index (χ2v) is 14.0. The van der Waals surface area contributed by atoms with Gasteiger partial charge in [0, 0.05) is 26.0 Å². The lowest BCUT2D eigenvalue weighted by atomic mass is 10.0. The first-order valence-corrected chi connectivity index (χ1v) is 18.4. The van der Waals surface area contributed by atoms with Gasteiger partial charge in [0.1, 0.15) is 17.3 Å². The zero-order chi connectivity index (χ0) is 31.5. The summed E-state index contributed by atoms with van der Waals surface area (Å²) < 4.78 is 25.4. The molecule has 0 aromatic carbocycles. The van der Waals surface area contributed by atoms with Crippen molar-refractivity contribution in [2.75, 3.05) is 31.7 Å². The van der Waals surface area contributed by atoms with Gasteiger partial charge in [0.05, 0.1) is 23.7 Å². The number of hydrogen-bond acceptors (Lipinski definition) is 7. The van der Waals surface area contributed by atoms with Crippen molar-refractivity contribution in [3.63, 3.8) is 0 Å². The third-order valence-corrected chi connectivity index (χ3v) is 9.31. The van der Waals surface area contributed by atoms with Crippen molar-refractivity contribution in [1.29, 1.82) is 0 Å². The van der Waals surface area contributed by atoms with Crippen LogP contribution < -0.4 is 11.5 Å². The predicted molar refractivity (Wildman–Crippen MR) is 175 cm³/mol. The van der Waals surface area contributed by atoms with Crippen LogP contribution >= 0.6 is 7.60 Å². The summed E-state index contributed by atoms with van der Waals surface area (Å²) in [6.07, 6.45) is 21.4. The van der Waals surface area contributed by atoms with Crippen molar-refractivity contribution in [3.8, 4) is 0 Å². The van der Waals surface area contributed by atoms with Crippen LogP contribution in [0.4, 0.5) is 5.82 Å². The van der Waals surface area contributed by atoms with E-state index in [2.05, 4.69) is 16.9 Å². The van der Waals surface area contributed by atoms with Crippen molar-refractivity contribution in [1.82, 2.24) is 14.5 Å². The maximum absolute atomic E-state index is 12.5. The van der Waals surface area contributed by atoms with Crippen LogP contribution in [0.2, 0.25) is 0 Å². The summed E-state index contributed by atoms with van der Waals surface area (Å²) in [5.41, 5.74) is 12.4. The van der Waals surface area contributed by atoms with Gasteiger partial charge in [-0.25, -0.2) is 9.97 Å². The molecule has 2 rings (SSSR count). The minimum absolute atomic E-state index is 0.0188. The molecule has 246 valence electrons. The number of anilines is 1. The second-order valence-electron chi connectivity index (χ2n) is 12.1. The Morgan fingerprint density at radius 1 is 0.930 bits per heavy atom. The second kappa shape index (κ2) is 20.9. The van der Waals surface area contributed by atoms with Crippen LogP contribution in [0.15, 0.2) is 6.20 Å². The van der Waals surface area contributed by atoms with Crippen molar-refractivity contribution >= 4 is 30.4 Å². The smallest absolute Gasteiger partial charge is 0.328 e. The van der Waals surface area contributed by atoms with Gasteiger partial charge in [0.25, 0.3) is 5.91 Å². The van der Waals surface area contributed by atoms with Crippen molar-refractivity contribution in [3.05, 3.63) is 17.6 Å². The van der Waals surface area contributed by atoms with Crippen molar-refractivity contribution < 1.29 is 23.5 Å². The number of amides is 1. The lowest BCUT2D eigenvalue weighted by molar-refractivity contribution is 0.100. The number of carbonyl (C=O) groups is 1. The first-order chi connectivity index (χ1) is 20.6. The Morgan fingerprint density at radius 2 is 1.49 bits per heavy atom. The summed E-state index contributed by atoms with van der Waals surface area (Å²) in [6, 6.07) is 0. The van der Waals surface area contributed by atoms with E-state index >= 15 is 0 Å². The molecule has 11 heteroatoms. The van der Waals surface area contributed by atoms with Crippen LogP contribution in [-0.2, 0) is 20.4 Å². The van der Waals surface area contributed by atoms with Crippen molar-refractivity contribution in [2.24, 2.45) is 11.7 Å². The molecule has 10 nitrogen and oxygen atoms in total. The Balaban J connectivity index is 1.49. The maximum Gasteiger partial charge on any atom is 0.328 e. The molecule has 2 heterocycles. The Morgan fingerprint density at radius 3 is 2.07 bits per heavy atom. The largest absolute Gasteiger partial charge is 0.383 e. The standard InChI is InChI=1S/C32H58N5O5P/c1-4-5-6-7-8-9-10-11-12-13-14-15-16-17-20-41-21-18-22-42-43(39,40)23-19-26(2)24-37-25-28(31(34)38)29-30(33)35-27(3)36-32(29)37/h25-26H,4-24H2,1-3H3,(H2,34,38)(H,39,40)(H2,33,35,36)/t26-/m0/s1. The summed E-state index contributed by atoms with van der Waals surface area (Å²) in [4.78, 5) is 30.8. The highest BCUT2D eigenvalue weighted by Crippen LogP contribution is 2.43. The van der Waals surface area contributed by atoms with E-state index in [-0.39, 0.29) is 30.1 Å². The number of rotatable bonds is 26. The molecule has 0 fully saturated rings. The van der Waals surface area contributed by atoms with E-state index < -0.39 is 13.5 Å². The molecule has 0 saturated heterocycles. The van der Waals surface area contributed by atoms with Gasteiger partial charge in [0.2, 0.25) is 0 Å². The summed E-state index contributed by atoms with van der Waals surface area (Å²) in [6.45, 7) is 7.90. The highest BCUT2D eigenvalue weighted by molar-refractivity contribution is 7.52. The molecule has 2 atom stereocenters. The highest BCUT2D eigenvalue weighted by Gasteiger charge is 2.22. The first kappa shape index (κ1) is 37.2. The van der Waals surface area contributed by atoms with Crippen LogP contribution in [-0.4, -0.2) is 51.3 Å². The highest BCUT2D eigenvalue weighted by atomic mass is 31.2. The molecular formula is C32H58N5O5P. The minimum Gasteiger partial charge on any atom is -0.383 e. The third kappa shape index (κ3) is 15.0. The number of carbonyl (C=O) groups excluding carboxylic acids is 1. The van der Waals surface area contributed by atoms with Gasteiger partial charge in [-0.2, -0.15) is 0 Å². The molecule has 0 aliphatic carbocycles. The number of primary amides is 1. The van der Waals surface area contributed by atoms with Crippen LogP contribution in [0.25, 0.3) is 11.0 Å². The summed E-state index contributed by atoms with van der Waals surface area (Å²) in [5, 5.41) is 0.438. The van der Waals surface area contributed by atoms with E-state index in [1.54, 1.807) is 13.1 Å². The van der Waals surface area contributed by atoms with E-state index in [1.807, 2.05) is 11.5 Å². The molecule has 5 N–H and O–H groups in total. The lowest BCUT2D eigenvalue weighted by Gasteiger charge is -2.16. The monoisotopic (exact) mass is 623 g/mol. The van der Waals surface area contributed by atoms with Gasteiger partial charge in [-0.15, -0.1) is 0 Å². The fourth-order valence-electron chi connectivity index (χ4n) is 5.40. The zero-order valence-electron chi connectivity index (χ0n) is 27.0. The molecule has 1 amide bonds. The average Bonchev–Trinajstić information content (AvgIpc) is 3.31. The van der Waals surface area contributed by atoms with E-state index in [1.165, 1.54) is 83.5 Å². The molecule has 0 radical (unpaired) electrons. The molecule has 0 saturated carbocycles. The van der Waals surface area contributed by atoms with E-state index in [0.29, 0.717) is 42.9 Å². The number of hydrogen-bond donors (Lipinski definition) is 3. The normalized spacial score (nSPS) is 13.9. The topological polar surface area (TPSA) is 156 Å².